The Morgan fingerprint density at radius 2 is 1.13 bits per heavy atom. The van der Waals surface area contributed by atoms with Crippen LogP contribution in [0.2, 0.25) is 51.4 Å². The summed E-state index contributed by atoms with van der Waals surface area (Å²) in [7, 11) is -2.17. The van der Waals surface area contributed by atoms with Gasteiger partial charge in [0.15, 0.2) is 10.3 Å². The van der Waals surface area contributed by atoms with Crippen LogP contribution in [0, 0.1) is 27.7 Å². The molecule has 6 aromatic rings. The second kappa shape index (κ2) is 18.6. The van der Waals surface area contributed by atoms with Crippen LogP contribution in [0.15, 0.2) is 69.6 Å². The number of nitrogens with zero attached hydrogens (tertiary/aromatic N) is 6. The summed E-state index contributed by atoms with van der Waals surface area (Å²) in [5.74, 6) is 0. The normalized spacial score (nSPS) is 12.1. The second-order valence-corrected chi connectivity index (χ2v) is 30.3. The third-order valence-corrected chi connectivity index (χ3v) is 14.4. The maximum atomic E-state index is 5.99. The van der Waals surface area contributed by atoms with Crippen molar-refractivity contribution >= 4 is 77.7 Å². The van der Waals surface area contributed by atoms with Gasteiger partial charge in [-0.3, -0.25) is 0 Å². The molecule has 0 fully saturated rings. The highest BCUT2D eigenvalue weighted by molar-refractivity contribution is 9.10. The molecule has 0 radical (unpaired) electrons. The summed E-state index contributed by atoms with van der Waals surface area (Å²) in [6, 6.07) is 17.5. The Kier molecular flexibility index (Phi) is 14.7. The lowest BCUT2D eigenvalue weighted by molar-refractivity contribution is 0.0897. The molecule has 0 amide bonds. The number of thioether (sulfide) groups is 2. The number of rotatable bonds is 14. The molecule has 13 heteroatoms. The fraction of sp³-hybridized carbons (Fsp3) is 0.429. The zero-order valence-electron chi connectivity index (χ0n) is 34.6. The maximum absolute atomic E-state index is 5.99. The van der Waals surface area contributed by atoms with Gasteiger partial charge in [-0.05, 0) is 85.4 Å². The Morgan fingerprint density at radius 3 is 1.64 bits per heavy atom. The van der Waals surface area contributed by atoms with E-state index in [9.17, 15) is 0 Å². The number of hydrogen-bond donors (Lipinski definition) is 0. The van der Waals surface area contributed by atoms with E-state index in [1.807, 2.05) is 12.5 Å². The molecule has 0 atom stereocenters. The summed E-state index contributed by atoms with van der Waals surface area (Å²) in [6.07, 6.45) is 8.15. The van der Waals surface area contributed by atoms with Crippen LogP contribution in [0.25, 0.3) is 44.6 Å². The number of benzene rings is 2. The van der Waals surface area contributed by atoms with Crippen LogP contribution in [0.3, 0.4) is 0 Å². The minimum Gasteiger partial charge on any atom is -0.361 e. The monoisotopic (exact) mass is 876 g/mol. The van der Waals surface area contributed by atoms with Crippen molar-refractivity contribution < 1.29 is 9.47 Å². The van der Waals surface area contributed by atoms with Crippen molar-refractivity contribution in [1.82, 2.24) is 29.1 Å². The van der Waals surface area contributed by atoms with Gasteiger partial charge >= 0.3 is 0 Å². The fourth-order valence-electron chi connectivity index (χ4n) is 6.19. The second-order valence-electron chi connectivity index (χ2n) is 16.6. The smallest absolute Gasteiger partial charge is 0.189 e. The van der Waals surface area contributed by atoms with Crippen LogP contribution < -0.4 is 0 Å². The average molecular weight is 878 g/mol. The topological polar surface area (TPSA) is 79.9 Å². The highest BCUT2D eigenvalue weighted by Gasteiger charge is 2.20. The van der Waals surface area contributed by atoms with Gasteiger partial charge < -0.3 is 18.6 Å². The molecule has 0 bridgehead atoms. The fourth-order valence-corrected chi connectivity index (χ4v) is 9.04. The van der Waals surface area contributed by atoms with E-state index in [0.717, 1.165) is 73.1 Å². The molecule has 0 N–H and O–H groups in total. The molecular formula is C42H57BrN6O2S2Si2. The highest BCUT2D eigenvalue weighted by Crippen LogP contribution is 2.36. The van der Waals surface area contributed by atoms with Gasteiger partial charge in [-0.25, -0.2) is 19.9 Å². The minimum atomic E-state index is -1.10. The summed E-state index contributed by atoms with van der Waals surface area (Å²) in [6.45, 7) is 25.4. The van der Waals surface area contributed by atoms with Crippen molar-refractivity contribution in [3.63, 3.8) is 0 Å². The first-order valence-electron chi connectivity index (χ1n) is 18.8. The summed E-state index contributed by atoms with van der Waals surface area (Å²) in [4.78, 5) is 19.2. The van der Waals surface area contributed by atoms with Gasteiger partial charge in [0.25, 0.3) is 0 Å². The van der Waals surface area contributed by atoms with Crippen LogP contribution in [0.1, 0.15) is 22.3 Å². The van der Waals surface area contributed by atoms with Gasteiger partial charge in [0.05, 0.1) is 16.8 Å². The molecular weight excluding hydrogens is 821 g/mol. The lowest BCUT2D eigenvalue weighted by atomic mass is 10.0. The predicted molar refractivity (Wildman–Crippen MR) is 244 cm³/mol. The van der Waals surface area contributed by atoms with Gasteiger partial charge in [-0.15, -0.1) is 0 Å². The standard InChI is InChI=1S/C21H28BrN3OSSi.C21H29N3OSSi/c1-14-7-8-16(15(2)11-14)19-18-17(22)12-25(13-26-9-10-28(4,5)6)20(18)24-21(23-19)27-3;1-15-7-8-17(16(2)13-15)19-18-9-10-24(14-25-11-12-27(4,5)6)20(18)23-21(22-19)26-3/h7-8,11-12H,9-10,13H2,1-6H3;7-10,13H,11-12,14H2,1-6H3. The van der Waals surface area contributed by atoms with Crippen molar-refractivity contribution in [3.05, 3.63) is 81.6 Å². The molecule has 0 unspecified atom stereocenters. The third kappa shape index (κ3) is 11.4. The van der Waals surface area contributed by atoms with Crippen molar-refractivity contribution in [1.29, 1.82) is 0 Å². The van der Waals surface area contributed by atoms with Gasteiger partial charge in [0, 0.05) is 62.7 Å². The lowest BCUT2D eigenvalue weighted by Crippen LogP contribution is -2.22. The van der Waals surface area contributed by atoms with E-state index in [4.69, 9.17) is 29.4 Å². The summed E-state index contributed by atoms with van der Waals surface area (Å²) in [5, 5.41) is 3.68. The third-order valence-electron chi connectivity index (χ3n) is 9.34. The van der Waals surface area contributed by atoms with E-state index in [1.165, 1.54) is 33.9 Å². The molecule has 0 aliphatic carbocycles. The van der Waals surface area contributed by atoms with E-state index < -0.39 is 16.1 Å². The van der Waals surface area contributed by atoms with Crippen LogP contribution in [-0.2, 0) is 22.9 Å². The minimum absolute atomic E-state index is 0.504. The number of hydrogen-bond acceptors (Lipinski definition) is 8. The molecule has 0 aliphatic rings. The summed E-state index contributed by atoms with van der Waals surface area (Å²) in [5.41, 5.74) is 11.1. The zero-order valence-corrected chi connectivity index (χ0v) is 39.9. The van der Waals surface area contributed by atoms with E-state index in [2.05, 4.69) is 147 Å². The molecule has 6 rings (SSSR count). The maximum Gasteiger partial charge on any atom is 0.189 e. The number of halogens is 1. The van der Waals surface area contributed by atoms with E-state index in [-0.39, 0.29) is 0 Å². The quantitative estimate of drug-likeness (QED) is 0.0463. The van der Waals surface area contributed by atoms with Crippen LogP contribution >= 0.6 is 39.5 Å². The number of fused-ring (bicyclic) bond motifs is 2. The summed E-state index contributed by atoms with van der Waals surface area (Å²) < 4.78 is 17.1. The molecule has 55 heavy (non-hydrogen) atoms. The molecule has 0 saturated heterocycles. The van der Waals surface area contributed by atoms with Gasteiger partial charge in [-0.2, -0.15) is 0 Å². The number of ether oxygens (including phenoxy) is 2. The Morgan fingerprint density at radius 1 is 0.636 bits per heavy atom. The molecule has 2 aromatic carbocycles. The average Bonchev–Trinajstić information content (AvgIpc) is 3.67. The highest BCUT2D eigenvalue weighted by atomic mass is 79.9. The summed E-state index contributed by atoms with van der Waals surface area (Å²) >= 11 is 6.88. The van der Waals surface area contributed by atoms with E-state index >= 15 is 0 Å². The van der Waals surface area contributed by atoms with Gasteiger partial charge in [-0.1, -0.05) is 110 Å². The van der Waals surface area contributed by atoms with Crippen LogP contribution in [0.4, 0.5) is 0 Å². The number of aryl methyl sites for hydroxylation is 4. The Labute approximate surface area is 346 Å². The molecule has 8 nitrogen and oxygen atoms in total. The first kappa shape index (κ1) is 43.3. The van der Waals surface area contributed by atoms with Crippen molar-refractivity contribution in [2.75, 3.05) is 25.7 Å². The first-order chi connectivity index (χ1) is 26.0. The molecule has 294 valence electrons. The Bertz CT molecular complexity index is 2260. The number of aromatic nitrogens is 6. The predicted octanol–water partition coefficient (Wildman–Crippen LogP) is 12.3. The lowest BCUT2D eigenvalue weighted by Gasteiger charge is -2.16. The van der Waals surface area contributed by atoms with Crippen molar-refractivity contribution in [2.24, 2.45) is 0 Å². The zero-order chi connectivity index (χ0) is 40.1. The molecule has 4 heterocycles. The largest absolute Gasteiger partial charge is 0.361 e. The first-order valence-corrected chi connectivity index (χ1v) is 29.5. The van der Waals surface area contributed by atoms with Crippen LogP contribution in [-0.4, -0.2) is 70.9 Å². The van der Waals surface area contributed by atoms with Crippen LogP contribution in [0.5, 0.6) is 0 Å². The van der Waals surface area contributed by atoms with Gasteiger partial charge in [0.1, 0.15) is 24.8 Å². The molecule has 4 aromatic heterocycles. The van der Waals surface area contributed by atoms with E-state index in [0.29, 0.717) is 13.5 Å². The SMILES string of the molecule is CSc1nc(-c2ccc(C)cc2C)c2c(Br)cn(COCC[Si](C)(C)C)c2n1.CSc1nc(-c2ccc(C)cc2C)c2ccn(COCC[Si](C)(C)C)c2n1. The molecule has 0 spiro atoms. The van der Waals surface area contributed by atoms with Gasteiger partial charge in [0.2, 0.25) is 0 Å². The van der Waals surface area contributed by atoms with Crippen molar-refractivity contribution in [3.8, 4) is 22.5 Å². The molecule has 0 saturated carbocycles. The van der Waals surface area contributed by atoms with Crippen molar-refractivity contribution in [2.45, 2.75) is 103 Å². The van der Waals surface area contributed by atoms with E-state index in [1.54, 1.807) is 23.5 Å². The Balaban J connectivity index is 0.000000211. The Hall–Kier alpha value is -2.79. The molecule has 0 aliphatic heterocycles.